The summed E-state index contributed by atoms with van der Waals surface area (Å²) in [4.78, 5) is 19.0. The van der Waals surface area contributed by atoms with E-state index < -0.39 is 0 Å². The molecule has 1 N–H and O–H groups in total. The highest BCUT2D eigenvalue weighted by atomic mass is 16.5. The zero-order chi connectivity index (χ0) is 13.9. The number of hydrogen-bond acceptors (Lipinski definition) is 4. The van der Waals surface area contributed by atoms with E-state index in [1.807, 2.05) is 11.1 Å². The molecular weight excluding hydrogens is 256 g/mol. The second-order valence-corrected chi connectivity index (χ2v) is 6.02. The third-order valence-electron chi connectivity index (χ3n) is 4.68. The van der Waals surface area contributed by atoms with Gasteiger partial charge in [0.25, 0.3) is 5.91 Å². The van der Waals surface area contributed by atoms with Crippen molar-refractivity contribution in [2.24, 2.45) is 10.4 Å². The first-order valence-electron chi connectivity index (χ1n) is 6.88. The van der Waals surface area contributed by atoms with Gasteiger partial charge in [-0.25, -0.2) is 0 Å². The van der Waals surface area contributed by atoms with Crippen molar-refractivity contribution < 1.29 is 14.6 Å². The van der Waals surface area contributed by atoms with Crippen LogP contribution in [-0.2, 0) is 0 Å². The lowest BCUT2D eigenvalue weighted by Crippen LogP contribution is -2.35. The SMILES string of the molecule is COc1cc2c(cc1O)N=C[C@@H]1CC3(CC3)CN1C2=O. The lowest BCUT2D eigenvalue weighted by atomic mass is 10.0. The molecule has 1 atom stereocenters. The standard InChI is InChI=1S/C15H16N2O3/c1-20-13-4-10-11(5-12(13)18)16-7-9-6-15(2-3-15)8-17(9)14(10)19/h4-5,7,9,18H,2-3,6,8H2,1H3/t9-/m0/s1. The number of phenols is 1. The zero-order valence-electron chi connectivity index (χ0n) is 11.3. The molecule has 20 heavy (non-hydrogen) atoms. The predicted molar refractivity (Wildman–Crippen MR) is 73.9 cm³/mol. The van der Waals surface area contributed by atoms with Crippen molar-refractivity contribution in [3.05, 3.63) is 17.7 Å². The smallest absolute Gasteiger partial charge is 0.256 e. The van der Waals surface area contributed by atoms with Gasteiger partial charge in [0, 0.05) is 18.8 Å². The number of aliphatic imine (C=N–C) groups is 1. The maximum Gasteiger partial charge on any atom is 0.256 e. The Kier molecular flexibility index (Phi) is 2.20. The number of methoxy groups -OCH3 is 1. The number of benzene rings is 1. The summed E-state index contributed by atoms with van der Waals surface area (Å²) >= 11 is 0. The van der Waals surface area contributed by atoms with Crippen LogP contribution in [0.5, 0.6) is 11.5 Å². The second-order valence-electron chi connectivity index (χ2n) is 6.02. The molecule has 1 aromatic carbocycles. The third kappa shape index (κ3) is 1.55. The van der Waals surface area contributed by atoms with Crippen molar-refractivity contribution in [2.45, 2.75) is 25.3 Å². The summed E-state index contributed by atoms with van der Waals surface area (Å²) in [5.74, 6) is 0.313. The van der Waals surface area contributed by atoms with Crippen LogP contribution >= 0.6 is 0 Å². The van der Waals surface area contributed by atoms with Gasteiger partial charge in [-0.05, 0) is 30.7 Å². The Morgan fingerprint density at radius 3 is 2.95 bits per heavy atom. The second kappa shape index (κ2) is 3.75. The van der Waals surface area contributed by atoms with Crippen molar-refractivity contribution in [1.29, 1.82) is 0 Å². The van der Waals surface area contributed by atoms with E-state index in [9.17, 15) is 9.90 Å². The van der Waals surface area contributed by atoms with Gasteiger partial charge in [0.05, 0.1) is 24.4 Å². The lowest BCUT2D eigenvalue weighted by molar-refractivity contribution is 0.0767. The summed E-state index contributed by atoms with van der Waals surface area (Å²) < 4.78 is 5.09. The Labute approximate surface area is 116 Å². The topological polar surface area (TPSA) is 62.1 Å². The maximum absolute atomic E-state index is 12.7. The molecule has 1 saturated heterocycles. The Morgan fingerprint density at radius 1 is 1.45 bits per heavy atom. The van der Waals surface area contributed by atoms with Crippen molar-refractivity contribution in [3.8, 4) is 11.5 Å². The number of carbonyl (C=O) groups is 1. The van der Waals surface area contributed by atoms with Crippen LogP contribution in [-0.4, -0.2) is 41.8 Å². The van der Waals surface area contributed by atoms with Crippen molar-refractivity contribution in [1.82, 2.24) is 4.90 Å². The lowest BCUT2D eigenvalue weighted by Gasteiger charge is -2.20. The summed E-state index contributed by atoms with van der Waals surface area (Å²) in [5.41, 5.74) is 1.38. The molecule has 2 fully saturated rings. The van der Waals surface area contributed by atoms with Crippen LogP contribution in [0.1, 0.15) is 29.6 Å². The van der Waals surface area contributed by atoms with Crippen molar-refractivity contribution >= 4 is 17.8 Å². The molecule has 2 aliphatic heterocycles. The summed E-state index contributed by atoms with van der Waals surface area (Å²) in [6.07, 6.45) is 5.29. The largest absolute Gasteiger partial charge is 0.504 e. The molecule has 5 nitrogen and oxygen atoms in total. The first-order chi connectivity index (χ1) is 9.62. The molecule has 5 heteroatoms. The maximum atomic E-state index is 12.7. The van der Waals surface area contributed by atoms with Gasteiger partial charge in [-0.2, -0.15) is 0 Å². The van der Waals surface area contributed by atoms with Gasteiger partial charge in [-0.1, -0.05) is 0 Å². The summed E-state index contributed by atoms with van der Waals surface area (Å²) in [7, 11) is 1.48. The van der Waals surface area contributed by atoms with Crippen LogP contribution in [0.15, 0.2) is 17.1 Å². The molecule has 1 aliphatic carbocycles. The van der Waals surface area contributed by atoms with Crippen molar-refractivity contribution in [3.63, 3.8) is 0 Å². The average Bonchev–Trinajstić information content (AvgIpc) is 3.10. The minimum atomic E-state index is -0.00965. The number of rotatable bonds is 1. The fraction of sp³-hybridized carbons (Fsp3) is 0.467. The minimum Gasteiger partial charge on any atom is -0.504 e. The van der Waals surface area contributed by atoms with Crippen LogP contribution in [0.3, 0.4) is 0 Å². The van der Waals surface area contributed by atoms with Gasteiger partial charge in [0.2, 0.25) is 0 Å². The molecule has 2 heterocycles. The zero-order valence-corrected chi connectivity index (χ0v) is 11.3. The van der Waals surface area contributed by atoms with E-state index in [1.54, 1.807) is 6.07 Å². The van der Waals surface area contributed by atoms with Crippen LogP contribution in [0, 0.1) is 5.41 Å². The number of fused-ring (bicyclic) bond motifs is 2. The summed E-state index contributed by atoms with van der Waals surface area (Å²) in [5, 5.41) is 9.82. The Hall–Kier alpha value is -2.04. The summed E-state index contributed by atoms with van der Waals surface area (Å²) in [6.45, 7) is 0.825. The molecule has 0 bridgehead atoms. The number of ether oxygens (including phenoxy) is 1. The van der Waals surface area contributed by atoms with E-state index in [2.05, 4.69) is 4.99 Å². The number of nitrogens with zero attached hydrogens (tertiary/aromatic N) is 2. The normalized spacial score (nSPS) is 25.4. The third-order valence-corrected chi connectivity index (χ3v) is 4.68. The first-order valence-corrected chi connectivity index (χ1v) is 6.88. The summed E-state index contributed by atoms with van der Waals surface area (Å²) in [6, 6.07) is 3.17. The quantitative estimate of drug-likeness (QED) is 0.851. The highest BCUT2D eigenvalue weighted by Crippen LogP contribution is 2.55. The van der Waals surface area contributed by atoms with Crippen LogP contribution < -0.4 is 4.74 Å². The van der Waals surface area contributed by atoms with Crippen molar-refractivity contribution in [2.75, 3.05) is 13.7 Å². The fourth-order valence-corrected chi connectivity index (χ4v) is 3.31. The van der Waals surface area contributed by atoms with E-state index >= 15 is 0 Å². The predicted octanol–water partition coefficient (Wildman–Crippen LogP) is 2.11. The van der Waals surface area contributed by atoms with Gasteiger partial charge in [-0.15, -0.1) is 0 Å². The molecule has 1 saturated carbocycles. The molecule has 1 spiro atoms. The minimum absolute atomic E-state index is 0.00965. The highest BCUT2D eigenvalue weighted by molar-refractivity contribution is 6.03. The van der Waals surface area contributed by atoms with Gasteiger partial charge < -0.3 is 14.7 Å². The highest BCUT2D eigenvalue weighted by Gasteiger charge is 2.53. The van der Waals surface area contributed by atoms with E-state index in [4.69, 9.17) is 4.74 Å². The molecule has 3 aliphatic rings. The van der Waals surface area contributed by atoms with Gasteiger partial charge in [0.15, 0.2) is 11.5 Å². The molecule has 0 aromatic heterocycles. The fourth-order valence-electron chi connectivity index (χ4n) is 3.31. The van der Waals surface area contributed by atoms with Crippen LogP contribution in [0.4, 0.5) is 5.69 Å². The number of phenolic OH excluding ortho intramolecular Hbond substituents is 1. The number of carbonyl (C=O) groups excluding carboxylic acids is 1. The number of aromatic hydroxyl groups is 1. The molecule has 104 valence electrons. The first kappa shape index (κ1) is 11.8. The van der Waals surface area contributed by atoms with E-state index in [0.717, 1.165) is 13.0 Å². The Morgan fingerprint density at radius 2 is 2.25 bits per heavy atom. The molecule has 0 unspecified atom stereocenters. The molecular formula is C15H16N2O3. The van der Waals surface area contributed by atoms with Gasteiger partial charge in [0.1, 0.15) is 0 Å². The van der Waals surface area contributed by atoms with Gasteiger partial charge >= 0.3 is 0 Å². The number of amides is 1. The van der Waals surface area contributed by atoms with Crippen LogP contribution in [0.25, 0.3) is 0 Å². The molecule has 1 amide bonds. The molecule has 0 radical (unpaired) electrons. The van der Waals surface area contributed by atoms with E-state index in [-0.39, 0.29) is 17.7 Å². The monoisotopic (exact) mass is 272 g/mol. The molecule has 1 aromatic rings. The van der Waals surface area contributed by atoms with Crippen LogP contribution in [0.2, 0.25) is 0 Å². The van der Waals surface area contributed by atoms with Gasteiger partial charge in [-0.3, -0.25) is 9.79 Å². The Balaban J connectivity index is 1.79. The number of hydrogen-bond donors (Lipinski definition) is 1. The molecule has 4 rings (SSSR count). The van der Waals surface area contributed by atoms with E-state index in [0.29, 0.717) is 22.4 Å². The average molecular weight is 272 g/mol. The Bertz CT molecular complexity index is 634. The van der Waals surface area contributed by atoms with E-state index in [1.165, 1.54) is 26.0 Å².